The zero-order valence-electron chi connectivity index (χ0n) is 23.7. The SMILES string of the molecule is C[C@H]1[C@@H](CSc2cccc[n+]2[O-])O[C@@H](c2cccc(-c3cccc(CNC(=O)C(Cl)(Cl)Cl)c3)c2)O[C@H]1c1ccc(CO)cc1. The number of hydrogen-bond donors (Lipinski definition) is 2. The van der Waals surface area contributed by atoms with E-state index in [9.17, 15) is 15.1 Å². The van der Waals surface area contributed by atoms with Gasteiger partial charge >= 0.3 is 0 Å². The van der Waals surface area contributed by atoms with Crippen molar-refractivity contribution in [2.45, 2.75) is 47.4 Å². The van der Waals surface area contributed by atoms with Gasteiger partial charge in [0.15, 0.2) is 12.5 Å². The summed E-state index contributed by atoms with van der Waals surface area (Å²) < 4.78 is 12.0. The molecule has 230 valence electrons. The Hall–Kier alpha value is -2.82. The standard InChI is InChI=1S/C33H31Cl3N2O5S/c1-21-28(20-44-29-10-2-3-15-38(29)41)42-31(43-30(21)24-13-11-22(19-39)12-14-24)27-9-5-8-26(17-27)25-7-4-6-23(16-25)18-37-32(40)33(34,35)36/h2-17,21,28,30-31,39H,18-20H2,1H3,(H,37,40)/t21-,28+,30+,31+/m0/s1. The van der Waals surface area contributed by atoms with Gasteiger partial charge in [-0.1, -0.05) is 114 Å². The number of alkyl halides is 3. The van der Waals surface area contributed by atoms with E-state index >= 15 is 0 Å². The number of carbonyl (C=O) groups is 1. The second-order valence-electron chi connectivity index (χ2n) is 10.5. The minimum Gasteiger partial charge on any atom is -0.618 e. The molecule has 0 saturated carbocycles. The van der Waals surface area contributed by atoms with Gasteiger partial charge in [-0.2, -0.15) is 4.73 Å². The maximum Gasteiger partial charge on any atom is 0.272 e. The highest BCUT2D eigenvalue weighted by molar-refractivity contribution is 7.99. The monoisotopic (exact) mass is 672 g/mol. The fourth-order valence-electron chi connectivity index (χ4n) is 5.01. The maximum absolute atomic E-state index is 12.3. The summed E-state index contributed by atoms with van der Waals surface area (Å²) in [6, 6.07) is 28.8. The lowest BCUT2D eigenvalue weighted by molar-refractivity contribution is -0.645. The predicted molar refractivity (Wildman–Crippen MR) is 173 cm³/mol. The molecule has 2 N–H and O–H groups in total. The fourth-order valence-corrected chi connectivity index (χ4v) is 6.29. The molecule has 4 aromatic rings. The third-order valence-corrected chi connectivity index (χ3v) is 9.06. The number of hydrogen-bond acceptors (Lipinski definition) is 6. The number of nitrogens with one attached hydrogen (secondary N) is 1. The van der Waals surface area contributed by atoms with Crippen LogP contribution in [0.25, 0.3) is 11.1 Å². The molecule has 3 aromatic carbocycles. The van der Waals surface area contributed by atoms with Gasteiger partial charge in [-0.3, -0.25) is 4.79 Å². The first-order chi connectivity index (χ1) is 21.1. The van der Waals surface area contributed by atoms with Crippen molar-refractivity contribution in [3.8, 4) is 11.1 Å². The van der Waals surface area contributed by atoms with E-state index in [1.807, 2.05) is 78.9 Å². The number of pyridine rings is 1. The average molecular weight is 674 g/mol. The molecule has 11 heteroatoms. The normalized spacial score (nSPS) is 20.3. The van der Waals surface area contributed by atoms with Crippen LogP contribution in [-0.2, 0) is 27.4 Å². The van der Waals surface area contributed by atoms with Gasteiger partial charge in [0.05, 0.1) is 18.8 Å². The second-order valence-corrected chi connectivity index (χ2v) is 13.8. The number of benzene rings is 3. The molecular weight excluding hydrogens is 643 g/mol. The summed E-state index contributed by atoms with van der Waals surface area (Å²) >= 11 is 18.5. The first kappa shape index (κ1) is 32.6. The van der Waals surface area contributed by atoms with Crippen LogP contribution in [0.15, 0.2) is 102 Å². The van der Waals surface area contributed by atoms with Crippen LogP contribution in [0.2, 0.25) is 0 Å². The molecule has 5 rings (SSSR count). The average Bonchev–Trinajstić information content (AvgIpc) is 3.03. The number of ether oxygens (including phenoxy) is 2. The largest absolute Gasteiger partial charge is 0.618 e. The molecule has 4 atom stereocenters. The van der Waals surface area contributed by atoms with Crippen molar-refractivity contribution >= 4 is 52.5 Å². The second kappa shape index (κ2) is 14.5. The summed E-state index contributed by atoms with van der Waals surface area (Å²) in [4.78, 5) is 12.0. The van der Waals surface area contributed by atoms with Gasteiger partial charge in [0.25, 0.3) is 14.7 Å². The highest BCUT2D eigenvalue weighted by Gasteiger charge is 2.39. The van der Waals surface area contributed by atoms with Crippen LogP contribution in [0.5, 0.6) is 0 Å². The number of aromatic nitrogens is 1. The number of rotatable bonds is 9. The summed E-state index contributed by atoms with van der Waals surface area (Å²) in [5.41, 5.74) is 5.36. The Kier molecular flexibility index (Phi) is 10.7. The van der Waals surface area contributed by atoms with E-state index in [-0.39, 0.29) is 31.3 Å². The van der Waals surface area contributed by atoms with E-state index in [1.165, 1.54) is 18.0 Å². The van der Waals surface area contributed by atoms with Crippen LogP contribution in [0, 0.1) is 11.1 Å². The van der Waals surface area contributed by atoms with Crippen molar-refractivity contribution < 1.29 is 24.1 Å². The molecule has 0 unspecified atom stereocenters. The minimum absolute atomic E-state index is 0.0229. The number of amides is 1. The van der Waals surface area contributed by atoms with Crippen molar-refractivity contribution in [2.24, 2.45) is 5.92 Å². The number of thioether (sulfide) groups is 1. The first-order valence-corrected chi connectivity index (χ1v) is 16.1. The maximum atomic E-state index is 12.3. The molecule has 1 aromatic heterocycles. The van der Waals surface area contributed by atoms with E-state index in [2.05, 4.69) is 12.2 Å². The lowest BCUT2D eigenvalue weighted by atomic mass is 9.91. The smallest absolute Gasteiger partial charge is 0.272 e. The van der Waals surface area contributed by atoms with E-state index in [1.54, 1.807) is 12.1 Å². The first-order valence-electron chi connectivity index (χ1n) is 14.0. The van der Waals surface area contributed by atoms with Crippen LogP contribution in [0.3, 0.4) is 0 Å². The third-order valence-electron chi connectivity index (χ3n) is 7.44. The van der Waals surface area contributed by atoms with Crippen molar-refractivity contribution in [3.63, 3.8) is 0 Å². The molecule has 0 bridgehead atoms. The molecule has 2 heterocycles. The lowest BCUT2D eigenvalue weighted by Crippen LogP contribution is -2.39. The summed E-state index contributed by atoms with van der Waals surface area (Å²) in [5.74, 6) is -0.160. The Morgan fingerprint density at radius 1 is 0.932 bits per heavy atom. The van der Waals surface area contributed by atoms with Crippen molar-refractivity contribution in [1.82, 2.24) is 5.32 Å². The molecule has 0 radical (unpaired) electrons. The third kappa shape index (κ3) is 8.06. The summed E-state index contributed by atoms with van der Waals surface area (Å²) in [6.45, 7) is 2.26. The van der Waals surface area contributed by atoms with E-state index in [0.717, 1.165) is 38.1 Å². The number of halogens is 3. The van der Waals surface area contributed by atoms with Gasteiger partial charge < -0.3 is 25.1 Å². The molecular formula is C33H31Cl3N2O5S. The lowest BCUT2D eigenvalue weighted by Gasteiger charge is -2.41. The Balaban J connectivity index is 1.39. The predicted octanol–water partition coefficient (Wildman–Crippen LogP) is 7.05. The molecule has 1 aliphatic heterocycles. The van der Waals surface area contributed by atoms with Crippen molar-refractivity contribution in [2.75, 3.05) is 5.75 Å². The molecule has 1 saturated heterocycles. The molecule has 0 aliphatic carbocycles. The van der Waals surface area contributed by atoms with E-state index < -0.39 is 16.0 Å². The quantitative estimate of drug-likeness (QED) is 0.0856. The number of carbonyl (C=O) groups excluding carboxylic acids is 1. The Morgan fingerprint density at radius 2 is 1.66 bits per heavy atom. The zero-order chi connectivity index (χ0) is 31.3. The highest BCUT2D eigenvalue weighted by atomic mass is 35.6. The van der Waals surface area contributed by atoms with Crippen LogP contribution < -0.4 is 10.0 Å². The molecule has 0 spiro atoms. The van der Waals surface area contributed by atoms with Crippen molar-refractivity contribution in [3.05, 3.63) is 125 Å². The molecule has 1 amide bonds. The van der Waals surface area contributed by atoms with Crippen LogP contribution in [0.4, 0.5) is 0 Å². The van der Waals surface area contributed by atoms with Gasteiger partial charge in [-0.15, -0.1) is 0 Å². The van der Waals surface area contributed by atoms with E-state index in [0.29, 0.717) is 10.8 Å². The van der Waals surface area contributed by atoms with Gasteiger partial charge in [-0.25, -0.2) is 0 Å². The topological polar surface area (TPSA) is 94.7 Å². The highest BCUT2D eigenvalue weighted by Crippen LogP contribution is 2.43. The summed E-state index contributed by atoms with van der Waals surface area (Å²) in [7, 11) is 0. The fraction of sp³-hybridized carbons (Fsp3) is 0.273. The molecule has 7 nitrogen and oxygen atoms in total. The molecule has 44 heavy (non-hydrogen) atoms. The zero-order valence-corrected chi connectivity index (χ0v) is 26.8. The minimum atomic E-state index is -2.03. The van der Waals surface area contributed by atoms with Crippen LogP contribution >= 0.6 is 46.6 Å². The van der Waals surface area contributed by atoms with Gasteiger partial charge in [0, 0.05) is 35.9 Å². The molecule has 1 fully saturated rings. The number of aliphatic hydroxyl groups excluding tert-OH is 1. The van der Waals surface area contributed by atoms with E-state index in [4.69, 9.17) is 44.3 Å². The summed E-state index contributed by atoms with van der Waals surface area (Å²) in [5, 5.41) is 25.1. The Labute approximate surface area is 275 Å². The number of nitrogens with zero attached hydrogens (tertiary/aromatic N) is 1. The van der Waals surface area contributed by atoms with Crippen molar-refractivity contribution in [1.29, 1.82) is 0 Å². The van der Waals surface area contributed by atoms with Crippen LogP contribution in [-0.4, -0.2) is 26.7 Å². The van der Waals surface area contributed by atoms with Gasteiger partial charge in [0.1, 0.15) is 0 Å². The Bertz CT molecular complexity index is 1580. The molecule has 1 aliphatic rings. The van der Waals surface area contributed by atoms with Crippen LogP contribution in [0.1, 0.15) is 41.6 Å². The van der Waals surface area contributed by atoms with Gasteiger partial charge in [-0.05, 0) is 46.0 Å². The number of aliphatic hydroxyl groups is 1. The van der Waals surface area contributed by atoms with Gasteiger partial charge in [0.2, 0.25) is 0 Å². The Morgan fingerprint density at radius 3 is 2.36 bits per heavy atom. The summed E-state index contributed by atoms with van der Waals surface area (Å²) in [6.07, 6.45) is 0.312.